The Kier molecular flexibility index (Phi) is 6.88. The molecular weight excluding hydrogens is 500 g/mol. The number of hydrogen-bond acceptors (Lipinski definition) is 5. The summed E-state index contributed by atoms with van der Waals surface area (Å²) in [6, 6.07) is 22.8. The summed E-state index contributed by atoms with van der Waals surface area (Å²) in [7, 11) is -3.70. The predicted octanol–water partition coefficient (Wildman–Crippen LogP) is 4.47. The fourth-order valence-electron chi connectivity index (χ4n) is 3.94. The van der Waals surface area contributed by atoms with E-state index in [0.717, 1.165) is 11.3 Å². The number of halogens is 1. The molecule has 184 valence electrons. The summed E-state index contributed by atoms with van der Waals surface area (Å²) in [5.41, 5.74) is 2.70. The first-order chi connectivity index (χ1) is 17.4. The van der Waals surface area contributed by atoms with Crippen LogP contribution < -0.4 is 5.32 Å². The van der Waals surface area contributed by atoms with Crippen molar-refractivity contribution >= 4 is 33.2 Å². The van der Waals surface area contributed by atoms with Gasteiger partial charge in [-0.1, -0.05) is 48.0 Å². The Morgan fingerprint density at radius 3 is 2.39 bits per heavy atom. The molecule has 0 atom stereocenters. The highest BCUT2D eigenvalue weighted by Gasteiger charge is 2.27. The van der Waals surface area contributed by atoms with Gasteiger partial charge in [-0.05, 0) is 42.5 Å². The van der Waals surface area contributed by atoms with Crippen LogP contribution in [0.1, 0.15) is 10.4 Å². The third kappa shape index (κ3) is 5.05. The number of nitrogens with one attached hydrogen (secondary N) is 1. The van der Waals surface area contributed by atoms with Gasteiger partial charge in [0.1, 0.15) is 5.69 Å². The Labute approximate surface area is 214 Å². The van der Waals surface area contributed by atoms with E-state index < -0.39 is 15.9 Å². The molecule has 1 aliphatic heterocycles. The molecule has 3 aromatic carbocycles. The summed E-state index contributed by atoms with van der Waals surface area (Å²) in [6.07, 6.45) is 1.66. The van der Waals surface area contributed by atoms with Crippen LogP contribution in [0.15, 0.2) is 90.0 Å². The highest BCUT2D eigenvalue weighted by molar-refractivity contribution is 7.89. The zero-order chi connectivity index (χ0) is 25.1. The fraction of sp³-hybridized carbons (Fsp3) is 0.154. The molecule has 1 fully saturated rings. The van der Waals surface area contributed by atoms with Crippen LogP contribution in [-0.4, -0.2) is 54.7 Å². The van der Waals surface area contributed by atoms with E-state index in [-0.39, 0.29) is 4.90 Å². The molecule has 0 radical (unpaired) electrons. The van der Waals surface area contributed by atoms with Gasteiger partial charge in [0, 0.05) is 35.6 Å². The number of morpholine rings is 1. The average molecular weight is 523 g/mol. The van der Waals surface area contributed by atoms with Crippen molar-refractivity contribution in [3.05, 3.63) is 95.6 Å². The Morgan fingerprint density at radius 2 is 1.67 bits per heavy atom. The van der Waals surface area contributed by atoms with E-state index in [2.05, 4.69) is 10.4 Å². The van der Waals surface area contributed by atoms with Gasteiger partial charge in [0.25, 0.3) is 5.91 Å². The van der Waals surface area contributed by atoms with Crippen molar-refractivity contribution in [2.75, 3.05) is 31.6 Å². The zero-order valence-corrected chi connectivity index (χ0v) is 20.7. The molecule has 2 heterocycles. The molecular formula is C26H23ClN4O4S. The monoisotopic (exact) mass is 522 g/mol. The molecule has 1 N–H and O–H groups in total. The number of ether oxygens (including phenoxy) is 1. The van der Waals surface area contributed by atoms with Gasteiger partial charge in [-0.3, -0.25) is 4.79 Å². The molecule has 0 bridgehead atoms. The van der Waals surface area contributed by atoms with E-state index in [1.54, 1.807) is 47.3 Å². The molecule has 1 saturated heterocycles. The largest absolute Gasteiger partial charge is 0.379 e. The smallest absolute Gasteiger partial charge is 0.259 e. The SMILES string of the molecule is O=C(Nc1cccc(S(=O)(=O)N2CCOCC2)c1)c1cn(-c2ccccc2)nc1-c1ccc(Cl)cc1. The maximum absolute atomic E-state index is 13.4. The summed E-state index contributed by atoms with van der Waals surface area (Å²) in [6.45, 7) is 1.30. The predicted molar refractivity (Wildman–Crippen MR) is 138 cm³/mol. The zero-order valence-electron chi connectivity index (χ0n) is 19.2. The quantitative estimate of drug-likeness (QED) is 0.403. The molecule has 4 aromatic rings. The number of benzene rings is 3. The first kappa shape index (κ1) is 24.2. The molecule has 36 heavy (non-hydrogen) atoms. The summed E-state index contributed by atoms with van der Waals surface area (Å²) < 4.78 is 34.4. The normalized spacial score (nSPS) is 14.5. The molecule has 1 aromatic heterocycles. The van der Waals surface area contributed by atoms with E-state index in [1.807, 2.05) is 30.3 Å². The molecule has 10 heteroatoms. The number of aromatic nitrogens is 2. The van der Waals surface area contributed by atoms with Crippen LogP contribution in [0.3, 0.4) is 0 Å². The number of amides is 1. The Morgan fingerprint density at radius 1 is 0.944 bits per heavy atom. The summed E-state index contributed by atoms with van der Waals surface area (Å²) >= 11 is 6.05. The van der Waals surface area contributed by atoms with Gasteiger partial charge < -0.3 is 10.1 Å². The third-order valence-corrected chi connectivity index (χ3v) is 7.94. The van der Waals surface area contributed by atoms with Gasteiger partial charge in [0.05, 0.1) is 29.4 Å². The minimum atomic E-state index is -3.70. The molecule has 0 aliphatic carbocycles. The van der Waals surface area contributed by atoms with Crippen LogP contribution in [0.4, 0.5) is 5.69 Å². The number of para-hydroxylation sites is 1. The molecule has 8 nitrogen and oxygen atoms in total. The summed E-state index contributed by atoms with van der Waals surface area (Å²) in [5, 5.41) is 8.07. The minimum Gasteiger partial charge on any atom is -0.379 e. The van der Waals surface area contributed by atoms with Gasteiger partial charge in [-0.2, -0.15) is 9.40 Å². The second-order valence-electron chi connectivity index (χ2n) is 8.18. The number of carbonyl (C=O) groups is 1. The molecule has 0 unspecified atom stereocenters. The molecule has 1 amide bonds. The molecule has 1 aliphatic rings. The van der Waals surface area contributed by atoms with Crippen LogP contribution in [0.5, 0.6) is 0 Å². The van der Waals surface area contributed by atoms with Crippen LogP contribution in [-0.2, 0) is 14.8 Å². The van der Waals surface area contributed by atoms with Crippen molar-refractivity contribution in [2.45, 2.75) is 4.90 Å². The van der Waals surface area contributed by atoms with Crippen LogP contribution >= 0.6 is 11.6 Å². The van der Waals surface area contributed by atoms with Crippen molar-refractivity contribution in [3.8, 4) is 16.9 Å². The summed E-state index contributed by atoms with van der Waals surface area (Å²) in [5.74, 6) is -0.414. The standard InChI is InChI=1S/C26H23ClN4O4S/c27-20-11-9-19(10-12-20)25-24(18-31(29-25)22-6-2-1-3-7-22)26(32)28-21-5-4-8-23(17-21)36(33,34)30-13-15-35-16-14-30/h1-12,17-18H,13-16H2,(H,28,32). The molecule has 0 saturated carbocycles. The second-order valence-corrected chi connectivity index (χ2v) is 10.6. The van der Waals surface area contributed by atoms with E-state index in [4.69, 9.17) is 16.3 Å². The van der Waals surface area contributed by atoms with Crippen molar-refractivity contribution in [2.24, 2.45) is 0 Å². The lowest BCUT2D eigenvalue weighted by Gasteiger charge is -2.26. The van der Waals surface area contributed by atoms with Crippen molar-refractivity contribution < 1.29 is 17.9 Å². The van der Waals surface area contributed by atoms with Crippen LogP contribution in [0.2, 0.25) is 5.02 Å². The van der Waals surface area contributed by atoms with Crippen LogP contribution in [0.25, 0.3) is 16.9 Å². The van der Waals surface area contributed by atoms with Gasteiger partial charge in [0.15, 0.2) is 0 Å². The highest BCUT2D eigenvalue weighted by Crippen LogP contribution is 2.27. The molecule has 5 rings (SSSR count). The van der Waals surface area contributed by atoms with Gasteiger partial charge in [-0.15, -0.1) is 0 Å². The highest BCUT2D eigenvalue weighted by atomic mass is 35.5. The minimum absolute atomic E-state index is 0.111. The van der Waals surface area contributed by atoms with Crippen molar-refractivity contribution in [1.82, 2.24) is 14.1 Å². The van der Waals surface area contributed by atoms with Crippen molar-refractivity contribution in [3.63, 3.8) is 0 Å². The maximum Gasteiger partial charge on any atom is 0.259 e. The van der Waals surface area contributed by atoms with Gasteiger partial charge >= 0.3 is 0 Å². The number of hydrogen-bond donors (Lipinski definition) is 1. The second kappa shape index (κ2) is 10.2. The first-order valence-electron chi connectivity index (χ1n) is 11.3. The van der Waals surface area contributed by atoms with Gasteiger partial charge in [0.2, 0.25) is 10.0 Å². The first-order valence-corrected chi connectivity index (χ1v) is 13.1. The average Bonchev–Trinajstić information content (AvgIpc) is 3.36. The Balaban J connectivity index is 1.47. The molecule has 0 spiro atoms. The number of sulfonamides is 1. The van der Waals surface area contributed by atoms with Gasteiger partial charge in [-0.25, -0.2) is 13.1 Å². The van der Waals surface area contributed by atoms with Crippen molar-refractivity contribution in [1.29, 1.82) is 0 Å². The lowest BCUT2D eigenvalue weighted by Crippen LogP contribution is -2.40. The third-order valence-electron chi connectivity index (χ3n) is 5.80. The summed E-state index contributed by atoms with van der Waals surface area (Å²) in [4.78, 5) is 13.5. The van der Waals surface area contributed by atoms with E-state index in [1.165, 1.54) is 16.4 Å². The van der Waals surface area contributed by atoms with E-state index >= 15 is 0 Å². The Bertz CT molecular complexity index is 1480. The Hall–Kier alpha value is -3.50. The van der Waals surface area contributed by atoms with E-state index in [9.17, 15) is 13.2 Å². The number of rotatable bonds is 6. The van der Waals surface area contributed by atoms with Crippen LogP contribution in [0, 0.1) is 0 Å². The number of anilines is 1. The lowest BCUT2D eigenvalue weighted by atomic mass is 10.1. The fourth-order valence-corrected chi connectivity index (χ4v) is 5.52. The maximum atomic E-state index is 13.4. The topological polar surface area (TPSA) is 93.5 Å². The van der Waals surface area contributed by atoms with E-state index in [0.29, 0.717) is 48.3 Å². The lowest BCUT2D eigenvalue weighted by molar-refractivity contribution is 0.0730. The number of carbonyl (C=O) groups excluding carboxylic acids is 1. The number of nitrogens with zero attached hydrogens (tertiary/aromatic N) is 3.